The second-order valence-corrected chi connectivity index (χ2v) is 4.35. The van der Waals surface area contributed by atoms with Crippen LogP contribution in [0.2, 0.25) is 0 Å². The minimum Gasteiger partial charge on any atom is -0.345 e. The molecule has 1 aromatic carbocycles. The Bertz CT molecular complexity index is 421. The third kappa shape index (κ3) is 3.62. The number of carbonyl (C=O) groups excluding carboxylic acids is 2. The van der Waals surface area contributed by atoms with Crippen LogP contribution in [-0.4, -0.2) is 30.7 Å². The maximum Gasteiger partial charge on any atom is 0.246 e. The summed E-state index contributed by atoms with van der Waals surface area (Å²) in [6.45, 7) is 0. The van der Waals surface area contributed by atoms with Gasteiger partial charge in [-0.2, -0.15) is 0 Å². The molecule has 0 heterocycles. The number of ketones is 1. The van der Waals surface area contributed by atoms with Gasteiger partial charge < -0.3 is 4.90 Å². The van der Waals surface area contributed by atoms with Gasteiger partial charge in [0.15, 0.2) is 5.78 Å². The van der Waals surface area contributed by atoms with Crippen molar-refractivity contribution in [1.29, 1.82) is 0 Å². The zero-order valence-electron chi connectivity index (χ0n) is 9.11. The minimum atomic E-state index is -0.203. The molecule has 0 aliphatic carbocycles. The van der Waals surface area contributed by atoms with E-state index in [9.17, 15) is 9.59 Å². The molecule has 0 aliphatic heterocycles. The van der Waals surface area contributed by atoms with E-state index >= 15 is 0 Å². The van der Waals surface area contributed by atoms with Crippen LogP contribution >= 0.6 is 15.9 Å². The lowest BCUT2D eigenvalue weighted by Crippen LogP contribution is -2.19. The average molecular weight is 282 g/mol. The molecule has 1 aromatic rings. The Balaban J connectivity index is 2.73. The fraction of sp³-hybridized carbons (Fsp3) is 0.167. The Morgan fingerprint density at radius 1 is 1.12 bits per heavy atom. The third-order valence-electron chi connectivity index (χ3n) is 1.95. The van der Waals surface area contributed by atoms with Crippen LogP contribution in [-0.2, 0) is 4.79 Å². The van der Waals surface area contributed by atoms with E-state index in [2.05, 4.69) is 15.9 Å². The molecule has 0 spiro atoms. The number of halogens is 1. The van der Waals surface area contributed by atoms with Crippen molar-refractivity contribution in [2.45, 2.75) is 0 Å². The maximum absolute atomic E-state index is 11.6. The number of allylic oxidation sites excluding steroid dienone is 1. The summed E-state index contributed by atoms with van der Waals surface area (Å²) >= 11 is 3.29. The third-order valence-corrected chi connectivity index (χ3v) is 2.48. The number of benzene rings is 1. The van der Waals surface area contributed by atoms with E-state index in [1.807, 2.05) is 0 Å². The van der Waals surface area contributed by atoms with Gasteiger partial charge in [0, 0.05) is 30.2 Å². The number of amides is 1. The largest absolute Gasteiger partial charge is 0.345 e. The normalized spacial score (nSPS) is 10.4. The van der Waals surface area contributed by atoms with Gasteiger partial charge in [-0.15, -0.1) is 0 Å². The van der Waals surface area contributed by atoms with Gasteiger partial charge in [-0.25, -0.2) is 0 Å². The van der Waals surface area contributed by atoms with E-state index in [0.29, 0.717) is 5.56 Å². The van der Waals surface area contributed by atoms with E-state index in [-0.39, 0.29) is 11.7 Å². The highest BCUT2D eigenvalue weighted by Gasteiger charge is 2.03. The smallest absolute Gasteiger partial charge is 0.246 e. The zero-order chi connectivity index (χ0) is 12.1. The highest BCUT2D eigenvalue weighted by molar-refractivity contribution is 9.10. The number of nitrogens with zero attached hydrogens (tertiary/aromatic N) is 1. The molecule has 84 valence electrons. The number of hydrogen-bond acceptors (Lipinski definition) is 2. The molecule has 0 saturated heterocycles. The van der Waals surface area contributed by atoms with Crippen molar-refractivity contribution in [2.75, 3.05) is 14.1 Å². The van der Waals surface area contributed by atoms with Gasteiger partial charge >= 0.3 is 0 Å². The lowest BCUT2D eigenvalue weighted by atomic mass is 10.1. The maximum atomic E-state index is 11.6. The lowest BCUT2D eigenvalue weighted by Gasteiger charge is -2.04. The molecule has 1 rings (SSSR count). The summed E-state index contributed by atoms with van der Waals surface area (Å²) in [5, 5.41) is 0. The van der Waals surface area contributed by atoms with Crippen LogP contribution in [0.15, 0.2) is 40.9 Å². The molecule has 16 heavy (non-hydrogen) atoms. The molecule has 0 bridgehead atoms. The standard InChI is InChI=1S/C12H12BrNO2/c1-14(2)12(16)8-7-11(15)9-3-5-10(13)6-4-9/h3-8H,1-2H3/b8-7+. The summed E-state index contributed by atoms with van der Waals surface area (Å²) < 4.78 is 0.914. The second-order valence-electron chi connectivity index (χ2n) is 3.44. The van der Waals surface area contributed by atoms with Crippen molar-refractivity contribution in [1.82, 2.24) is 4.90 Å². The van der Waals surface area contributed by atoms with Crippen LogP contribution in [0.25, 0.3) is 0 Å². The molecule has 0 radical (unpaired) electrons. The van der Waals surface area contributed by atoms with Crippen LogP contribution in [0.1, 0.15) is 10.4 Å². The van der Waals surface area contributed by atoms with Crippen LogP contribution < -0.4 is 0 Å². The Morgan fingerprint density at radius 2 is 1.69 bits per heavy atom. The van der Waals surface area contributed by atoms with Crippen molar-refractivity contribution in [3.63, 3.8) is 0 Å². The molecule has 0 unspecified atom stereocenters. The first-order valence-electron chi connectivity index (χ1n) is 4.70. The summed E-state index contributed by atoms with van der Waals surface area (Å²) in [6.07, 6.45) is 2.55. The second kappa shape index (κ2) is 5.61. The van der Waals surface area contributed by atoms with E-state index in [1.54, 1.807) is 38.4 Å². The molecule has 0 aliphatic rings. The predicted octanol–water partition coefficient (Wildman–Crippen LogP) is 2.28. The number of rotatable bonds is 3. The first-order chi connectivity index (χ1) is 7.50. The highest BCUT2D eigenvalue weighted by atomic mass is 79.9. The van der Waals surface area contributed by atoms with Gasteiger partial charge in [-0.1, -0.05) is 15.9 Å². The first kappa shape index (κ1) is 12.6. The fourth-order valence-corrected chi connectivity index (χ4v) is 1.27. The Hall–Kier alpha value is -1.42. The molecule has 0 saturated carbocycles. The summed E-state index contributed by atoms with van der Waals surface area (Å²) in [6, 6.07) is 6.98. The van der Waals surface area contributed by atoms with Crippen molar-refractivity contribution in [2.24, 2.45) is 0 Å². The van der Waals surface area contributed by atoms with Crippen molar-refractivity contribution < 1.29 is 9.59 Å². The lowest BCUT2D eigenvalue weighted by molar-refractivity contribution is -0.123. The van der Waals surface area contributed by atoms with Gasteiger partial charge in [0.05, 0.1) is 0 Å². The molecule has 0 fully saturated rings. The summed E-state index contributed by atoms with van der Waals surface area (Å²) in [5.74, 6) is -0.381. The van der Waals surface area contributed by atoms with Gasteiger partial charge in [0.2, 0.25) is 5.91 Å². The average Bonchev–Trinajstić information content (AvgIpc) is 2.26. The highest BCUT2D eigenvalue weighted by Crippen LogP contribution is 2.11. The molecular formula is C12H12BrNO2. The van der Waals surface area contributed by atoms with Gasteiger partial charge in [0.1, 0.15) is 0 Å². The van der Waals surface area contributed by atoms with Gasteiger partial charge in [0.25, 0.3) is 0 Å². The van der Waals surface area contributed by atoms with Crippen molar-refractivity contribution in [3.05, 3.63) is 46.5 Å². The van der Waals surface area contributed by atoms with Crippen LogP contribution in [0.5, 0.6) is 0 Å². The molecule has 3 nitrogen and oxygen atoms in total. The quantitative estimate of drug-likeness (QED) is 0.630. The van der Waals surface area contributed by atoms with E-state index in [4.69, 9.17) is 0 Å². The monoisotopic (exact) mass is 281 g/mol. The summed E-state index contributed by atoms with van der Waals surface area (Å²) in [4.78, 5) is 24.2. The zero-order valence-corrected chi connectivity index (χ0v) is 10.7. The minimum absolute atomic E-state index is 0.178. The topological polar surface area (TPSA) is 37.4 Å². The summed E-state index contributed by atoms with van der Waals surface area (Å²) in [5.41, 5.74) is 0.561. The fourth-order valence-electron chi connectivity index (χ4n) is 1.01. The van der Waals surface area contributed by atoms with Crippen LogP contribution in [0, 0.1) is 0 Å². The van der Waals surface area contributed by atoms with Crippen LogP contribution in [0.3, 0.4) is 0 Å². The van der Waals surface area contributed by atoms with Gasteiger partial charge in [-0.05, 0) is 30.3 Å². The first-order valence-corrected chi connectivity index (χ1v) is 5.49. The predicted molar refractivity (Wildman–Crippen MR) is 66.3 cm³/mol. The SMILES string of the molecule is CN(C)C(=O)/C=C/C(=O)c1ccc(Br)cc1. The summed E-state index contributed by atoms with van der Waals surface area (Å²) in [7, 11) is 3.27. The number of carbonyl (C=O) groups is 2. The Morgan fingerprint density at radius 3 is 2.19 bits per heavy atom. The van der Waals surface area contributed by atoms with Crippen LogP contribution in [0.4, 0.5) is 0 Å². The molecule has 0 aromatic heterocycles. The Kier molecular flexibility index (Phi) is 4.43. The van der Waals surface area contributed by atoms with Crippen molar-refractivity contribution in [3.8, 4) is 0 Å². The molecule has 4 heteroatoms. The molecule has 0 atom stereocenters. The number of hydrogen-bond donors (Lipinski definition) is 0. The van der Waals surface area contributed by atoms with Crippen molar-refractivity contribution >= 4 is 27.6 Å². The van der Waals surface area contributed by atoms with E-state index < -0.39 is 0 Å². The van der Waals surface area contributed by atoms with Gasteiger partial charge in [-0.3, -0.25) is 9.59 Å². The number of likely N-dealkylation sites (N-methyl/N-ethyl adjacent to an activating group) is 1. The van der Waals surface area contributed by atoms with E-state index in [1.165, 1.54) is 17.1 Å². The Labute approximate surface area is 103 Å². The molecular weight excluding hydrogens is 270 g/mol. The molecule has 0 N–H and O–H groups in total. The molecule has 1 amide bonds. The van der Waals surface area contributed by atoms with E-state index in [0.717, 1.165) is 4.47 Å².